The van der Waals surface area contributed by atoms with Crippen LogP contribution in [0.4, 0.5) is 5.82 Å². The molecule has 1 aromatic carbocycles. The minimum Gasteiger partial charge on any atom is -0.485 e. The average Bonchev–Trinajstić information content (AvgIpc) is 3.33. The molecule has 0 bridgehead atoms. The number of pyridine rings is 1. The number of rotatable bonds is 4. The number of ether oxygens (including phenoxy) is 2. The lowest BCUT2D eigenvalue weighted by molar-refractivity contribution is -0.141. The van der Waals surface area contributed by atoms with Crippen molar-refractivity contribution in [1.82, 2.24) is 14.9 Å². The highest BCUT2D eigenvalue weighted by atomic mass is 32.1. The maximum absolute atomic E-state index is 12.9. The fraction of sp³-hybridized carbons (Fsp3) is 0.348. The van der Waals surface area contributed by atoms with Gasteiger partial charge in [0, 0.05) is 43.3 Å². The largest absolute Gasteiger partial charge is 0.485 e. The number of carbonyl (C=O) groups is 1. The lowest BCUT2D eigenvalue weighted by Crippen LogP contribution is -2.54. The van der Waals surface area contributed by atoms with E-state index < -0.39 is 6.10 Å². The molecule has 2 aromatic heterocycles. The average molecular weight is 437 g/mol. The van der Waals surface area contributed by atoms with Crippen molar-refractivity contribution < 1.29 is 14.3 Å². The van der Waals surface area contributed by atoms with Gasteiger partial charge in [0.05, 0.1) is 5.69 Å². The van der Waals surface area contributed by atoms with Crippen molar-refractivity contribution >= 4 is 23.1 Å². The van der Waals surface area contributed by atoms with E-state index >= 15 is 0 Å². The standard InChI is InChI=1S/C23H24N4O3S/c1-2-17-15-31-22(25-17)16-7-8-21(24-13-16)26-9-11-27(12-10-26)23(28)20-14-29-18-5-3-4-6-19(18)30-20/h3-8,13,15,20H,2,9-12,14H2,1H3/t20-/m1/s1. The van der Waals surface area contributed by atoms with Crippen LogP contribution in [0.1, 0.15) is 12.6 Å². The van der Waals surface area contributed by atoms with Gasteiger partial charge in [0.25, 0.3) is 5.91 Å². The van der Waals surface area contributed by atoms with Crippen molar-refractivity contribution in [3.05, 3.63) is 53.7 Å². The summed E-state index contributed by atoms with van der Waals surface area (Å²) in [4.78, 5) is 26.3. The first-order chi connectivity index (χ1) is 15.2. The summed E-state index contributed by atoms with van der Waals surface area (Å²) in [6, 6.07) is 11.6. The van der Waals surface area contributed by atoms with Crippen LogP contribution in [-0.2, 0) is 11.2 Å². The van der Waals surface area contributed by atoms with Gasteiger partial charge in [-0.15, -0.1) is 11.3 Å². The van der Waals surface area contributed by atoms with Crippen LogP contribution in [0.2, 0.25) is 0 Å². The van der Waals surface area contributed by atoms with E-state index in [1.165, 1.54) is 0 Å². The van der Waals surface area contributed by atoms with Gasteiger partial charge in [0.1, 0.15) is 17.4 Å². The van der Waals surface area contributed by atoms with Crippen molar-refractivity contribution in [2.75, 3.05) is 37.7 Å². The van der Waals surface area contributed by atoms with Gasteiger partial charge in [-0.05, 0) is 30.7 Å². The van der Waals surface area contributed by atoms with Gasteiger partial charge in [-0.3, -0.25) is 4.79 Å². The first-order valence-corrected chi connectivity index (χ1v) is 11.4. The van der Waals surface area contributed by atoms with Gasteiger partial charge in [-0.1, -0.05) is 19.1 Å². The Labute approximate surface area is 185 Å². The van der Waals surface area contributed by atoms with Crippen LogP contribution in [0.5, 0.6) is 11.5 Å². The number of amides is 1. The van der Waals surface area contributed by atoms with Crippen LogP contribution < -0.4 is 14.4 Å². The first-order valence-electron chi connectivity index (χ1n) is 10.5. The summed E-state index contributed by atoms with van der Waals surface area (Å²) in [7, 11) is 0. The zero-order chi connectivity index (χ0) is 21.2. The normalized spacial score (nSPS) is 18.2. The van der Waals surface area contributed by atoms with Crippen LogP contribution in [-0.4, -0.2) is 59.7 Å². The van der Waals surface area contributed by atoms with Crippen molar-refractivity contribution in [1.29, 1.82) is 0 Å². The molecule has 1 atom stereocenters. The first kappa shape index (κ1) is 19.8. The third kappa shape index (κ3) is 4.07. The maximum atomic E-state index is 12.9. The third-order valence-electron chi connectivity index (χ3n) is 5.61. The smallest absolute Gasteiger partial charge is 0.267 e. The fourth-order valence-corrected chi connectivity index (χ4v) is 4.70. The molecule has 31 heavy (non-hydrogen) atoms. The van der Waals surface area contributed by atoms with Crippen LogP contribution in [0, 0.1) is 0 Å². The number of para-hydroxylation sites is 2. The van der Waals surface area contributed by atoms with Gasteiger partial charge >= 0.3 is 0 Å². The highest BCUT2D eigenvalue weighted by Gasteiger charge is 2.32. The Morgan fingerprint density at radius 3 is 2.65 bits per heavy atom. The monoisotopic (exact) mass is 436 g/mol. The third-order valence-corrected chi connectivity index (χ3v) is 6.55. The number of aryl methyl sites for hydroxylation is 1. The molecule has 4 heterocycles. The highest BCUT2D eigenvalue weighted by Crippen LogP contribution is 2.31. The summed E-state index contributed by atoms with van der Waals surface area (Å²) in [6.07, 6.45) is 2.23. The quantitative estimate of drug-likeness (QED) is 0.625. The van der Waals surface area contributed by atoms with Crippen LogP contribution in [0.15, 0.2) is 48.0 Å². The second-order valence-electron chi connectivity index (χ2n) is 7.58. The molecule has 1 amide bonds. The molecule has 1 fully saturated rings. The number of carbonyl (C=O) groups excluding carboxylic acids is 1. The maximum Gasteiger partial charge on any atom is 0.267 e. The number of nitrogens with zero attached hydrogens (tertiary/aromatic N) is 4. The van der Waals surface area contributed by atoms with Crippen molar-refractivity contribution in [2.24, 2.45) is 0 Å². The molecule has 0 aliphatic carbocycles. The second kappa shape index (κ2) is 8.55. The molecule has 3 aromatic rings. The van der Waals surface area contributed by atoms with E-state index in [4.69, 9.17) is 9.47 Å². The van der Waals surface area contributed by atoms with E-state index in [0.717, 1.165) is 41.6 Å². The van der Waals surface area contributed by atoms with Crippen molar-refractivity contribution in [2.45, 2.75) is 19.4 Å². The number of aromatic nitrogens is 2. The number of hydrogen-bond acceptors (Lipinski definition) is 7. The second-order valence-corrected chi connectivity index (χ2v) is 8.44. The molecule has 0 spiro atoms. The number of benzene rings is 1. The van der Waals surface area contributed by atoms with Crippen LogP contribution in [0.3, 0.4) is 0 Å². The van der Waals surface area contributed by atoms with E-state index in [-0.39, 0.29) is 12.5 Å². The molecular formula is C23H24N4O3S. The van der Waals surface area contributed by atoms with Crippen LogP contribution in [0.25, 0.3) is 10.6 Å². The van der Waals surface area contributed by atoms with Gasteiger partial charge in [0.2, 0.25) is 6.10 Å². The van der Waals surface area contributed by atoms with Gasteiger partial charge in [0.15, 0.2) is 11.5 Å². The Hall–Kier alpha value is -3.13. The molecular weight excluding hydrogens is 412 g/mol. The molecule has 160 valence electrons. The number of fused-ring (bicyclic) bond motifs is 1. The molecule has 1 saturated heterocycles. The van der Waals surface area contributed by atoms with Crippen molar-refractivity contribution in [3.63, 3.8) is 0 Å². The molecule has 2 aliphatic heterocycles. The predicted molar refractivity (Wildman–Crippen MR) is 120 cm³/mol. The summed E-state index contributed by atoms with van der Waals surface area (Å²) in [5.74, 6) is 2.22. The van der Waals surface area contributed by atoms with Gasteiger partial charge in [-0.2, -0.15) is 0 Å². The molecule has 5 rings (SSSR count). The summed E-state index contributed by atoms with van der Waals surface area (Å²) < 4.78 is 11.6. The fourth-order valence-electron chi connectivity index (χ4n) is 3.80. The zero-order valence-corrected chi connectivity index (χ0v) is 18.2. The molecule has 7 nitrogen and oxygen atoms in total. The SMILES string of the molecule is CCc1csc(-c2ccc(N3CCN(C(=O)[C@H]4COc5ccccc5O4)CC3)nc2)n1. The van der Waals surface area contributed by atoms with Gasteiger partial charge < -0.3 is 19.3 Å². The number of piperazine rings is 1. The Morgan fingerprint density at radius 2 is 1.94 bits per heavy atom. The molecule has 8 heteroatoms. The van der Waals surface area contributed by atoms with E-state index in [1.54, 1.807) is 11.3 Å². The lowest BCUT2D eigenvalue weighted by Gasteiger charge is -2.37. The molecule has 2 aliphatic rings. The van der Waals surface area contributed by atoms with E-state index in [0.29, 0.717) is 24.6 Å². The topological polar surface area (TPSA) is 67.8 Å². The Morgan fingerprint density at radius 1 is 1.13 bits per heavy atom. The minimum atomic E-state index is -0.592. The molecule has 0 N–H and O–H groups in total. The van der Waals surface area contributed by atoms with Gasteiger partial charge in [-0.25, -0.2) is 9.97 Å². The van der Waals surface area contributed by atoms with E-state index in [9.17, 15) is 4.79 Å². The lowest BCUT2D eigenvalue weighted by atomic mass is 10.2. The van der Waals surface area contributed by atoms with Crippen LogP contribution >= 0.6 is 11.3 Å². The Balaban J connectivity index is 1.18. The van der Waals surface area contributed by atoms with E-state index in [1.807, 2.05) is 41.4 Å². The predicted octanol–water partition coefficient (Wildman–Crippen LogP) is 3.26. The summed E-state index contributed by atoms with van der Waals surface area (Å²) >= 11 is 1.65. The number of thiazole rings is 1. The molecule has 0 radical (unpaired) electrons. The minimum absolute atomic E-state index is 0.0204. The number of anilines is 1. The van der Waals surface area contributed by atoms with Crippen molar-refractivity contribution in [3.8, 4) is 22.1 Å². The highest BCUT2D eigenvalue weighted by molar-refractivity contribution is 7.13. The number of hydrogen-bond donors (Lipinski definition) is 0. The summed E-state index contributed by atoms with van der Waals surface area (Å²) in [5.41, 5.74) is 2.15. The summed E-state index contributed by atoms with van der Waals surface area (Å²) in [6.45, 7) is 5.09. The molecule has 0 unspecified atom stereocenters. The molecule has 0 saturated carbocycles. The Kier molecular flexibility index (Phi) is 5.46. The van der Waals surface area contributed by atoms with E-state index in [2.05, 4.69) is 33.2 Å². The Bertz CT molecular complexity index is 1060. The summed E-state index contributed by atoms with van der Waals surface area (Å²) in [5, 5.41) is 3.10. The zero-order valence-electron chi connectivity index (χ0n) is 17.4.